The van der Waals surface area contributed by atoms with Gasteiger partial charge in [0.25, 0.3) is 10.8 Å². The van der Waals surface area contributed by atoms with Crippen LogP contribution in [0.2, 0.25) is 0 Å². The van der Waals surface area contributed by atoms with E-state index in [2.05, 4.69) is 0 Å². The molecule has 0 fully saturated rings. The summed E-state index contributed by atoms with van der Waals surface area (Å²) in [4.78, 5) is 0. The summed E-state index contributed by atoms with van der Waals surface area (Å²) in [5.41, 5.74) is -14.6. The fourth-order valence-corrected chi connectivity index (χ4v) is 1.78. The van der Waals surface area contributed by atoms with E-state index in [0.29, 0.717) is 0 Å². The van der Waals surface area contributed by atoms with Gasteiger partial charge in [-0.25, -0.2) is 8.78 Å². The van der Waals surface area contributed by atoms with Gasteiger partial charge in [-0.2, -0.15) is 70.2 Å². The molecule has 29 heavy (non-hydrogen) atoms. The maximum absolute atomic E-state index is 13.4. The number of hydrogen-bond acceptors (Lipinski definition) is 1. The van der Waals surface area contributed by atoms with Gasteiger partial charge >= 0.3 is 36.9 Å². The fraction of sp³-hybridized carbons (Fsp3) is 1.00. The van der Waals surface area contributed by atoms with Crippen LogP contribution in [0.1, 0.15) is 0 Å². The molecule has 0 aromatic rings. The zero-order valence-corrected chi connectivity index (χ0v) is 12.6. The Bertz CT molecular complexity index is 483. The van der Waals surface area contributed by atoms with Gasteiger partial charge in [0.05, 0.1) is 0 Å². The van der Waals surface area contributed by atoms with Crippen molar-refractivity contribution in [3.05, 3.63) is 0 Å². The first-order valence-electron chi connectivity index (χ1n) is 6.17. The summed E-state index contributed by atoms with van der Waals surface area (Å²) >= 11 is 0. The van der Waals surface area contributed by atoms with Gasteiger partial charge < -0.3 is 0 Å². The standard InChI is InChI=1S/C10H4F18O/c11-1-3(5(13,14)15,6(16,17)18)9(25,26)29-10(27,28)4(2-12,7(19,20)21)8(22,23)24/h1-2H2. The van der Waals surface area contributed by atoms with E-state index in [4.69, 9.17) is 0 Å². The summed E-state index contributed by atoms with van der Waals surface area (Å²) in [5.74, 6) is 0. The Morgan fingerprint density at radius 3 is 0.655 bits per heavy atom. The summed E-state index contributed by atoms with van der Waals surface area (Å²) in [6.45, 7) is -8.80. The molecule has 0 bridgehead atoms. The molecule has 0 heterocycles. The highest BCUT2D eigenvalue weighted by Gasteiger charge is 2.89. The smallest absolute Gasteiger partial charge is 0.253 e. The molecule has 0 spiro atoms. The molecule has 0 rings (SSSR count). The lowest BCUT2D eigenvalue weighted by Gasteiger charge is -2.45. The molecule has 0 aliphatic carbocycles. The molecule has 0 aliphatic heterocycles. The van der Waals surface area contributed by atoms with E-state index in [1.54, 1.807) is 0 Å². The average Bonchev–Trinajstić information content (AvgIpc) is 2.30. The van der Waals surface area contributed by atoms with Gasteiger partial charge in [0, 0.05) is 0 Å². The SMILES string of the molecule is FCC(C(F)(F)F)(C(F)(F)F)C(F)(F)OC(F)(F)C(CF)(C(F)(F)F)C(F)(F)F. The van der Waals surface area contributed by atoms with Crippen LogP contribution < -0.4 is 0 Å². The van der Waals surface area contributed by atoms with Gasteiger partial charge in [0.15, 0.2) is 0 Å². The lowest BCUT2D eigenvalue weighted by atomic mass is 9.84. The van der Waals surface area contributed by atoms with E-state index in [-0.39, 0.29) is 0 Å². The van der Waals surface area contributed by atoms with Crippen LogP contribution in [0.25, 0.3) is 0 Å². The topological polar surface area (TPSA) is 9.23 Å². The first-order chi connectivity index (χ1) is 12.3. The molecule has 0 aromatic heterocycles. The average molecular weight is 482 g/mol. The highest BCUT2D eigenvalue weighted by molar-refractivity contribution is 5.04. The number of alkyl halides is 18. The Balaban J connectivity index is 6.92. The van der Waals surface area contributed by atoms with Gasteiger partial charge in [-0.3, -0.25) is 4.74 Å². The normalized spacial score (nSPS) is 16.3. The first kappa shape index (κ1) is 27.7. The maximum atomic E-state index is 13.4. The summed E-state index contributed by atoms with van der Waals surface area (Å²) in [6.07, 6.45) is -46.2. The minimum absolute atomic E-state index is 1.42. The Labute approximate surface area is 146 Å². The van der Waals surface area contributed by atoms with Gasteiger partial charge in [-0.1, -0.05) is 0 Å². The van der Waals surface area contributed by atoms with Crippen LogP contribution in [0.5, 0.6) is 0 Å². The van der Waals surface area contributed by atoms with E-state index in [1.807, 2.05) is 0 Å². The minimum Gasteiger partial charge on any atom is -0.253 e. The molecule has 0 aliphatic rings. The summed E-state index contributed by atoms with van der Waals surface area (Å²) < 4.78 is 230. The predicted molar refractivity (Wildman–Crippen MR) is 52.0 cm³/mol. The molecule has 176 valence electrons. The van der Waals surface area contributed by atoms with Crippen molar-refractivity contribution in [2.24, 2.45) is 10.8 Å². The van der Waals surface area contributed by atoms with Crippen LogP contribution >= 0.6 is 0 Å². The summed E-state index contributed by atoms with van der Waals surface area (Å²) in [7, 11) is 0. The second-order valence-electron chi connectivity index (χ2n) is 5.20. The second-order valence-corrected chi connectivity index (χ2v) is 5.20. The number of rotatable bonds is 6. The van der Waals surface area contributed by atoms with Crippen LogP contribution in [-0.4, -0.2) is 50.3 Å². The second kappa shape index (κ2) is 7.14. The molecular weight excluding hydrogens is 478 g/mol. The Morgan fingerprint density at radius 1 is 0.379 bits per heavy atom. The molecule has 1 nitrogen and oxygen atoms in total. The van der Waals surface area contributed by atoms with Crippen molar-refractivity contribution in [1.29, 1.82) is 0 Å². The number of ether oxygens (including phenoxy) is 1. The highest BCUT2D eigenvalue weighted by Crippen LogP contribution is 2.65. The zero-order valence-electron chi connectivity index (χ0n) is 12.6. The summed E-state index contributed by atoms with van der Waals surface area (Å²) in [5, 5.41) is 0. The van der Waals surface area contributed by atoms with Crippen molar-refractivity contribution < 1.29 is 83.8 Å². The van der Waals surface area contributed by atoms with Crippen molar-refractivity contribution in [3.63, 3.8) is 0 Å². The zero-order chi connectivity index (χ0) is 24.1. The van der Waals surface area contributed by atoms with Gasteiger partial charge in [0.1, 0.15) is 13.3 Å². The lowest BCUT2D eigenvalue weighted by molar-refractivity contribution is -0.534. The van der Waals surface area contributed by atoms with Crippen molar-refractivity contribution in [2.45, 2.75) is 36.9 Å². The molecule has 0 saturated heterocycles. The van der Waals surface area contributed by atoms with Crippen LogP contribution in [0.4, 0.5) is 79.0 Å². The van der Waals surface area contributed by atoms with Crippen LogP contribution in [0, 0.1) is 10.8 Å². The van der Waals surface area contributed by atoms with Crippen LogP contribution in [0.3, 0.4) is 0 Å². The van der Waals surface area contributed by atoms with E-state index in [1.165, 1.54) is 4.74 Å². The molecule has 0 aromatic carbocycles. The maximum Gasteiger partial charge on any atom is 0.414 e. The third kappa shape index (κ3) is 3.89. The summed E-state index contributed by atoms with van der Waals surface area (Å²) in [6, 6.07) is 0. The molecule has 0 atom stereocenters. The van der Waals surface area contributed by atoms with E-state index in [9.17, 15) is 79.0 Å². The molecule has 0 radical (unpaired) electrons. The quantitative estimate of drug-likeness (QED) is 0.401. The van der Waals surface area contributed by atoms with E-state index in [0.717, 1.165) is 0 Å². The highest BCUT2D eigenvalue weighted by atomic mass is 19.4. The van der Waals surface area contributed by atoms with Gasteiger partial charge in [-0.15, -0.1) is 0 Å². The molecule has 0 amide bonds. The van der Waals surface area contributed by atoms with Crippen molar-refractivity contribution in [1.82, 2.24) is 0 Å². The largest absolute Gasteiger partial charge is 0.414 e. The van der Waals surface area contributed by atoms with Crippen molar-refractivity contribution in [2.75, 3.05) is 13.3 Å². The number of halogens is 18. The Morgan fingerprint density at radius 2 is 0.552 bits per heavy atom. The fourth-order valence-electron chi connectivity index (χ4n) is 1.78. The third-order valence-corrected chi connectivity index (χ3v) is 3.59. The van der Waals surface area contributed by atoms with Crippen molar-refractivity contribution >= 4 is 0 Å². The van der Waals surface area contributed by atoms with E-state index < -0.39 is 61.1 Å². The van der Waals surface area contributed by atoms with E-state index >= 15 is 0 Å². The lowest BCUT2D eigenvalue weighted by Crippen LogP contribution is -2.69. The number of hydrogen-bond donors (Lipinski definition) is 0. The molecule has 0 N–H and O–H groups in total. The van der Waals surface area contributed by atoms with Crippen LogP contribution in [-0.2, 0) is 4.74 Å². The molecule has 19 heteroatoms. The Kier molecular flexibility index (Phi) is 6.82. The monoisotopic (exact) mass is 482 g/mol. The van der Waals surface area contributed by atoms with Crippen LogP contribution in [0.15, 0.2) is 0 Å². The molecule has 0 saturated carbocycles. The third-order valence-electron chi connectivity index (χ3n) is 3.59. The minimum atomic E-state index is -7.83. The predicted octanol–water partition coefficient (Wildman–Crippen LogP) is 6.35. The molecule has 0 unspecified atom stereocenters. The Hall–Kier alpha value is -1.30. The molecular formula is C10H4F18O. The first-order valence-corrected chi connectivity index (χ1v) is 6.17. The van der Waals surface area contributed by atoms with Crippen molar-refractivity contribution in [3.8, 4) is 0 Å². The van der Waals surface area contributed by atoms with Gasteiger partial charge in [0.2, 0.25) is 0 Å². The van der Waals surface area contributed by atoms with Gasteiger partial charge in [-0.05, 0) is 0 Å².